The van der Waals surface area contributed by atoms with Crippen molar-refractivity contribution in [3.63, 3.8) is 0 Å². The van der Waals surface area contributed by atoms with Crippen LogP contribution in [0.3, 0.4) is 0 Å². The minimum atomic E-state index is 0.261. The van der Waals surface area contributed by atoms with Crippen LogP contribution in [0.1, 0.15) is 12.8 Å². The highest BCUT2D eigenvalue weighted by atomic mass is 32.2. The van der Waals surface area contributed by atoms with Crippen molar-refractivity contribution in [1.29, 1.82) is 0 Å². The predicted octanol–water partition coefficient (Wildman–Crippen LogP) is 0.218. The van der Waals surface area contributed by atoms with Crippen LogP contribution < -0.4 is 10.6 Å². The molecule has 1 aliphatic heterocycles. The van der Waals surface area contributed by atoms with Crippen LogP contribution >= 0.6 is 11.8 Å². The second kappa shape index (κ2) is 4.33. The highest BCUT2D eigenvalue weighted by Crippen LogP contribution is 2.28. The first-order chi connectivity index (χ1) is 6.36. The maximum absolute atomic E-state index is 11.3. The maximum Gasteiger partial charge on any atom is 0.223 e. The van der Waals surface area contributed by atoms with E-state index in [9.17, 15) is 4.79 Å². The Morgan fingerprint density at radius 3 is 3.00 bits per heavy atom. The summed E-state index contributed by atoms with van der Waals surface area (Å²) in [6.45, 7) is 1.89. The van der Waals surface area contributed by atoms with E-state index in [0.717, 1.165) is 31.7 Å². The molecule has 4 heteroatoms. The second-order valence-corrected chi connectivity index (χ2v) is 4.90. The molecular weight excluding hydrogens is 184 g/mol. The van der Waals surface area contributed by atoms with Crippen LogP contribution in [0.2, 0.25) is 0 Å². The van der Waals surface area contributed by atoms with Crippen LogP contribution in [0, 0.1) is 5.92 Å². The molecule has 2 aliphatic rings. The van der Waals surface area contributed by atoms with Crippen molar-refractivity contribution in [3.05, 3.63) is 0 Å². The monoisotopic (exact) mass is 200 g/mol. The Kier molecular flexibility index (Phi) is 3.11. The zero-order chi connectivity index (χ0) is 9.10. The third kappa shape index (κ3) is 2.88. The van der Waals surface area contributed by atoms with Crippen molar-refractivity contribution < 1.29 is 4.79 Å². The van der Waals surface area contributed by atoms with Crippen LogP contribution in [-0.4, -0.2) is 36.5 Å². The molecule has 0 spiro atoms. The molecule has 0 radical (unpaired) electrons. The fourth-order valence-corrected chi connectivity index (χ4v) is 2.41. The van der Waals surface area contributed by atoms with Crippen LogP contribution in [-0.2, 0) is 4.79 Å². The van der Waals surface area contributed by atoms with Gasteiger partial charge in [-0.2, -0.15) is 11.8 Å². The molecule has 0 aromatic rings. The SMILES string of the molecule is O=C(NCC1CSCCN1)C1CC1. The first-order valence-electron chi connectivity index (χ1n) is 4.95. The molecule has 1 amide bonds. The number of hydrogen-bond donors (Lipinski definition) is 2. The van der Waals surface area contributed by atoms with Gasteiger partial charge in [-0.25, -0.2) is 0 Å². The lowest BCUT2D eigenvalue weighted by Gasteiger charge is -2.23. The molecule has 1 unspecified atom stereocenters. The second-order valence-electron chi connectivity index (χ2n) is 3.75. The number of amides is 1. The molecule has 13 heavy (non-hydrogen) atoms. The van der Waals surface area contributed by atoms with Gasteiger partial charge in [-0.15, -0.1) is 0 Å². The summed E-state index contributed by atoms with van der Waals surface area (Å²) in [7, 11) is 0. The van der Waals surface area contributed by atoms with Gasteiger partial charge in [0.2, 0.25) is 5.91 Å². The van der Waals surface area contributed by atoms with Gasteiger partial charge in [0, 0.05) is 36.6 Å². The molecule has 0 aromatic heterocycles. The van der Waals surface area contributed by atoms with Gasteiger partial charge in [-0.1, -0.05) is 0 Å². The quantitative estimate of drug-likeness (QED) is 0.684. The van der Waals surface area contributed by atoms with E-state index in [1.807, 2.05) is 11.8 Å². The molecule has 1 heterocycles. The standard InChI is InChI=1S/C9H16N2OS/c12-9(7-1-2-7)11-5-8-6-13-4-3-10-8/h7-8,10H,1-6H2,(H,11,12). The lowest BCUT2D eigenvalue weighted by atomic mass is 10.3. The highest BCUT2D eigenvalue weighted by Gasteiger charge is 2.29. The Labute approximate surface area is 83.0 Å². The smallest absolute Gasteiger partial charge is 0.223 e. The average Bonchev–Trinajstić information content (AvgIpc) is 2.99. The van der Waals surface area contributed by atoms with Crippen LogP contribution in [0.15, 0.2) is 0 Å². The molecule has 2 N–H and O–H groups in total. The van der Waals surface area contributed by atoms with E-state index in [4.69, 9.17) is 0 Å². The lowest BCUT2D eigenvalue weighted by Crippen LogP contribution is -2.46. The van der Waals surface area contributed by atoms with E-state index in [2.05, 4.69) is 10.6 Å². The van der Waals surface area contributed by atoms with Gasteiger partial charge in [-0.05, 0) is 12.8 Å². The Morgan fingerprint density at radius 2 is 2.38 bits per heavy atom. The molecule has 1 atom stereocenters. The summed E-state index contributed by atoms with van der Waals surface area (Å²) in [5, 5.41) is 6.40. The van der Waals surface area contributed by atoms with Crippen LogP contribution in [0.5, 0.6) is 0 Å². The highest BCUT2D eigenvalue weighted by molar-refractivity contribution is 7.99. The third-order valence-corrected chi connectivity index (χ3v) is 3.60. The summed E-state index contributed by atoms with van der Waals surface area (Å²) in [6, 6.07) is 0.487. The number of carbonyl (C=O) groups is 1. The van der Waals surface area contributed by atoms with Gasteiger partial charge in [0.05, 0.1) is 0 Å². The zero-order valence-electron chi connectivity index (χ0n) is 7.71. The molecule has 1 aliphatic carbocycles. The first kappa shape index (κ1) is 9.34. The van der Waals surface area contributed by atoms with E-state index in [-0.39, 0.29) is 5.91 Å². The van der Waals surface area contributed by atoms with E-state index in [1.165, 1.54) is 5.75 Å². The molecule has 2 fully saturated rings. The fraction of sp³-hybridized carbons (Fsp3) is 0.889. The van der Waals surface area contributed by atoms with E-state index in [1.54, 1.807) is 0 Å². The van der Waals surface area contributed by atoms with E-state index >= 15 is 0 Å². The molecule has 3 nitrogen and oxygen atoms in total. The van der Waals surface area contributed by atoms with Crippen molar-refractivity contribution >= 4 is 17.7 Å². The Hall–Kier alpha value is -0.220. The Morgan fingerprint density at radius 1 is 1.54 bits per heavy atom. The summed E-state index contributed by atoms with van der Waals surface area (Å²) in [4.78, 5) is 11.3. The first-order valence-corrected chi connectivity index (χ1v) is 6.10. The fourth-order valence-electron chi connectivity index (χ4n) is 1.46. The van der Waals surface area contributed by atoms with Gasteiger partial charge >= 0.3 is 0 Å². The van der Waals surface area contributed by atoms with E-state index < -0.39 is 0 Å². The number of carbonyl (C=O) groups excluding carboxylic acids is 1. The number of rotatable bonds is 3. The Bertz CT molecular complexity index is 188. The molecule has 2 rings (SSSR count). The Balaban J connectivity index is 1.62. The number of hydrogen-bond acceptors (Lipinski definition) is 3. The largest absolute Gasteiger partial charge is 0.354 e. The predicted molar refractivity (Wildman–Crippen MR) is 54.8 cm³/mol. The molecule has 0 aromatic carbocycles. The summed E-state index contributed by atoms with van der Waals surface area (Å²) >= 11 is 1.96. The zero-order valence-corrected chi connectivity index (χ0v) is 8.53. The third-order valence-electron chi connectivity index (χ3n) is 2.47. The number of thioether (sulfide) groups is 1. The minimum absolute atomic E-state index is 0.261. The van der Waals surface area contributed by atoms with Crippen molar-refractivity contribution in [2.75, 3.05) is 24.6 Å². The summed E-state index contributed by atoms with van der Waals surface area (Å²) in [5.74, 6) is 2.94. The molecule has 1 saturated carbocycles. The number of nitrogens with one attached hydrogen (secondary N) is 2. The lowest BCUT2D eigenvalue weighted by molar-refractivity contribution is -0.122. The van der Waals surface area contributed by atoms with Crippen LogP contribution in [0.25, 0.3) is 0 Å². The van der Waals surface area contributed by atoms with Gasteiger partial charge in [0.15, 0.2) is 0 Å². The molecule has 1 saturated heterocycles. The maximum atomic E-state index is 11.3. The van der Waals surface area contributed by atoms with Crippen LogP contribution in [0.4, 0.5) is 0 Å². The molecule has 0 bridgehead atoms. The van der Waals surface area contributed by atoms with Gasteiger partial charge < -0.3 is 10.6 Å². The van der Waals surface area contributed by atoms with Crippen molar-refractivity contribution in [3.8, 4) is 0 Å². The van der Waals surface area contributed by atoms with Gasteiger partial charge in [0.25, 0.3) is 0 Å². The molecule has 74 valence electrons. The normalized spacial score (nSPS) is 28.5. The summed E-state index contributed by atoms with van der Waals surface area (Å²) in [6.07, 6.45) is 2.19. The van der Waals surface area contributed by atoms with Gasteiger partial charge in [-0.3, -0.25) is 4.79 Å². The molecular formula is C9H16N2OS. The van der Waals surface area contributed by atoms with Crippen molar-refractivity contribution in [2.24, 2.45) is 5.92 Å². The topological polar surface area (TPSA) is 41.1 Å². The average molecular weight is 200 g/mol. The van der Waals surface area contributed by atoms with Crippen molar-refractivity contribution in [2.45, 2.75) is 18.9 Å². The summed E-state index contributed by atoms with van der Waals surface area (Å²) < 4.78 is 0. The minimum Gasteiger partial charge on any atom is -0.354 e. The van der Waals surface area contributed by atoms with E-state index in [0.29, 0.717) is 12.0 Å². The van der Waals surface area contributed by atoms with Gasteiger partial charge in [0.1, 0.15) is 0 Å². The summed E-state index contributed by atoms with van der Waals surface area (Å²) in [5.41, 5.74) is 0. The van der Waals surface area contributed by atoms with Crippen molar-refractivity contribution in [1.82, 2.24) is 10.6 Å².